The van der Waals surface area contributed by atoms with Crippen molar-refractivity contribution in [1.82, 2.24) is 15.0 Å². The summed E-state index contributed by atoms with van der Waals surface area (Å²) in [6.07, 6.45) is 1.77. The summed E-state index contributed by atoms with van der Waals surface area (Å²) >= 11 is 0. The highest BCUT2D eigenvalue weighted by Gasteiger charge is 2.17. The van der Waals surface area contributed by atoms with Gasteiger partial charge in [0.15, 0.2) is 0 Å². The highest BCUT2D eigenvalue weighted by molar-refractivity contribution is 5.74. The third kappa shape index (κ3) is 2.94. The maximum atomic E-state index is 5.99. The molecule has 3 heterocycles. The van der Waals surface area contributed by atoms with Gasteiger partial charge in [-0.05, 0) is 12.1 Å². The molecular formula is C15H20N6O. The summed E-state index contributed by atoms with van der Waals surface area (Å²) in [6.45, 7) is 2.92. The van der Waals surface area contributed by atoms with Crippen LogP contribution in [0.4, 0.5) is 17.6 Å². The van der Waals surface area contributed by atoms with Crippen LogP contribution in [0.15, 0.2) is 24.4 Å². The number of aromatic nitrogens is 3. The van der Waals surface area contributed by atoms with E-state index in [1.54, 1.807) is 12.3 Å². The van der Waals surface area contributed by atoms with Crippen LogP contribution >= 0.6 is 0 Å². The van der Waals surface area contributed by atoms with Crippen molar-refractivity contribution in [3.63, 3.8) is 0 Å². The van der Waals surface area contributed by atoms with Crippen molar-refractivity contribution in [3.8, 4) is 11.3 Å². The average molecular weight is 300 g/mol. The number of morpholine rings is 1. The molecule has 22 heavy (non-hydrogen) atoms. The largest absolute Gasteiger partial charge is 0.384 e. The van der Waals surface area contributed by atoms with Crippen molar-refractivity contribution in [3.05, 3.63) is 24.4 Å². The highest BCUT2D eigenvalue weighted by atomic mass is 16.5. The second-order valence-corrected chi connectivity index (χ2v) is 5.35. The fraction of sp³-hybridized carbons (Fsp3) is 0.400. The molecule has 3 rings (SSSR count). The Bertz CT molecular complexity index is 654. The molecule has 1 saturated heterocycles. The van der Waals surface area contributed by atoms with Crippen LogP contribution in [0.3, 0.4) is 0 Å². The fourth-order valence-corrected chi connectivity index (χ4v) is 2.45. The first-order chi connectivity index (χ1) is 10.6. The van der Waals surface area contributed by atoms with Crippen molar-refractivity contribution < 1.29 is 4.74 Å². The maximum absolute atomic E-state index is 5.99. The molecule has 1 aliphatic rings. The molecule has 1 fully saturated rings. The number of nitrogens with zero attached hydrogens (tertiary/aromatic N) is 5. The van der Waals surface area contributed by atoms with Gasteiger partial charge in [0.2, 0.25) is 5.95 Å². The molecule has 1 aliphatic heterocycles. The number of ether oxygens (including phenoxy) is 1. The predicted molar refractivity (Wildman–Crippen MR) is 87.0 cm³/mol. The van der Waals surface area contributed by atoms with Crippen LogP contribution in [0.25, 0.3) is 11.3 Å². The van der Waals surface area contributed by atoms with Crippen LogP contribution in [0, 0.1) is 0 Å². The van der Waals surface area contributed by atoms with Crippen molar-refractivity contribution in [1.29, 1.82) is 0 Å². The van der Waals surface area contributed by atoms with Crippen LogP contribution in [-0.4, -0.2) is 55.4 Å². The number of anilines is 3. The van der Waals surface area contributed by atoms with Gasteiger partial charge in [-0.25, -0.2) is 9.97 Å². The molecule has 0 spiro atoms. The molecule has 0 aromatic carbocycles. The van der Waals surface area contributed by atoms with Crippen LogP contribution < -0.4 is 15.5 Å². The van der Waals surface area contributed by atoms with Gasteiger partial charge in [-0.1, -0.05) is 0 Å². The first kappa shape index (κ1) is 14.5. The number of nitrogen functional groups attached to an aromatic ring is 1. The van der Waals surface area contributed by atoms with Gasteiger partial charge in [-0.2, -0.15) is 4.98 Å². The summed E-state index contributed by atoms with van der Waals surface area (Å²) in [5, 5.41) is 0. The van der Waals surface area contributed by atoms with Crippen molar-refractivity contribution in [2.45, 2.75) is 0 Å². The lowest BCUT2D eigenvalue weighted by Crippen LogP contribution is -2.37. The molecule has 7 nitrogen and oxygen atoms in total. The number of pyridine rings is 1. The second-order valence-electron chi connectivity index (χ2n) is 5.35. The van der Waals surface area contributed by atoms with E-state index in [-0.39, 0.29) is 0 Å². The van der Waals surface area contributed by atoms with Gasteiger partial charge in [0.25, 0.3) is 0 Å². The highest BCUT2D eigenvalue weighted by Crippen LogP contribution is 2.28. The minimum atomic E-state index is 0.458. The Labute approximate surface area is 129 Å². The van der Waals surface area contributed by atoms with E-state index in [9.17, 15) is 0 Å². The first-order valence-electron chi connectivity index (χ1n) is 7.25. The Morgan fingerprint density at radius 1 is 1.23 bits per heavy atom. The molecule has 2 aromatic heterocycles. The number of hydrogen-bond acceptors (Lipinski definition) is 7. The Morgan fingerprint density at radius 2 is 2.00 bits per heavy atom. The summed E-state index contributed by atoms with van der Waals surface area (Å²) < 4.78 is 5.37. The van der Waals surface area contributed by atoms with E-state index in [1.165, 1.54) is 0 Å². The van der Waals surface area contributed by atoms with Crippen LogP contribution in [0.2, 0.25) is 0 Å². The van der Waals surface area contributed by atoms with Gasteiger partial charge in [0.05, 0.1) is 18.9 Å². The zero-order chi connectivity index (χ0) is 15.5. The lowest BCUT2D eigenvalue weighted by Gasteiger charge is -2.27. The van der Waals surface area contributed by atoms with Crippen LogP contribution in [0.1, 0.15) is 0 Å². The maximum Gasteiger partial charge on any atom is 0.228 e. The van der Waals surface area contributed by atoms with Gasteiger partial charge in [-0.15, -0.1) is 0 Å². The topological polar surface area (TPSA) is 80.4 Å². The number of nitrogens with two attached hydrogens (primary N) is 1. The molecule has 7 heteroatoms. The quantitative estimate of drug-likeness (QED) is 0.906. The van der Waals surface area contributed by atoms with E-state index in [1.807, 2.05) is 31.1 Å². The average Bonchev–Trinajstić information content (AvgIpc) is 2.55. The monoisotopic (exact) mass is 300 g/mol. The molecule has 2 N–H and O–H groups in total. The van der Waals surface area contributed by atoms with E-state index in [4.69, 9.17) is 10.5 Å². The Morgan fingerprint density at radius 3 is 2.73 bits per heavy atom. The standard InChI is InChI=1S/C15H20N6O/c1-20(2)14-11(4-3-5-17-14)12-10-13(16)19-15(18-12)21-6-8-22-9-7-21/h3-5,10H,6-9H2,1-2H3,(H2,16,18,19). The summed E-state index contributed by atoms with van der Waals surface area (Å²) in [6, 6.07) is 5.68. The minimum absolute atomic E-state index is 0.458. The molecule has 0 radical (unpaired) electrons. The van der Waals surface area contributed by atoms with Crippen molar-refractivity contribution in [2.24, 2.45) is 0 Å². The number of rotatable bonds is 3. The van der Waals surface area contributed by atoms with E-state index < -0.39 is 0 Å². The molecule has 0 bridgehead atoms. The molecule has 0 unspecified atom stereocenters. The van der Waals surface area contributed by atoms with E-state index in [0.717, 1.165) is 30.2 Å². The second kappa shape index (κ2) is 6.15. The van der Waals surface area contributed by atoms with E-state index in [2.05, 4.69) is 19.9 Å². The molecule has 0 aliphatic carbocycles. The molecule has 0 atom stereocenters. The molecule has 116 valence electrons. The molecule has 0 amide bonds. The zero-order valence-corrected chi connectivity index (χ0v) is 12.9. The Hall–Kier alpha value is -2.41. The summed E-state index contributed by atoms with van der Waals surface area (Å²) in [5.74, 6) is 1.96. The normalized spacial score (nSPS) is 14.9. The van der Waals surface area contributed by atoms with E-state index >= 15 is 0 Å². The Balaban J connectivity index is 2.02. The molecule has 2 aromatic rings. The fourth-order valence-electron chi connectivity index (χ4n) is 2.45. The predicted octanol–water partition coefficient (Wildman–Crippen LogP) is 1.02. The molecule has 0 saturated carbocycles. The van der Waals surface area contributed by atoms with Crippen molar-refractivity contribution in [2.75, 3.05) is 55.9 Å². The first-order valence-corrected chi connectivity index (χ1v) is 7.25. The molecular weight excluding hydrogens is 280 g/mol. The third-order valence-electron chi connectivity index (χ3n) is 3.51. The smallest absolute Gasteiger partial charge is 0.228 e. The van der Waals surface area contributed by atoms with Gasteiger partial charge in [0.1, 0.15) is 11.6 Å². The number of hydrogen-bond donors (Lipinski definition) is 1. The van der Waals surface area contributed by atoms with Gasteiger partial charge in [-0.3, -0.25) is 0 Å². The third-order valence-corrected chi connectivity index (χ3v) is 3.51. The van der Waals surface area contributed by atoms with Crippen LogP contribution in [0.5, 0.6) is 0 Å². The lowest BCUT2D eigenvalue weighted by atomic mass is 10.1. The van der Waals surface area contributed by atoms with Gasteiger partial charge >= 0.3 is 0 Å². The van der Waals surface area contributed by atoms with Gasteiger partial charge in [0, 0.05) is 45.0 Å². The zero-order valence-electron chi connectivity index (χ0n) is 12.9. The minimum Gasteiger partial charge on any atom is -0.384 e. The summed E-state index contributed by atoms with van der Waals surface area (Å²) in [4.78, 5) is 17.5. The summed E-state index contributed by atoms with van der Waals surface area (Å²) in [7, 11) is 3.92. The van der Waals surface area contributed by atoms with Gasteiger partial charge < -0.3 is 20.3 Å². The van der Waals surface area contributed by atoms with Crippen molar-refractivity contribution >= 4 is 17.6 Å². The SMILES string of the molecule is CN(C)c1ncccc1-c1cc(N)nc(N2CCOCC2)n1. The van der Waals surface area contributed by atoms with Crippen LogP contribution in [-0.2, 0) is 4.74 Å². The lowest BCUT2D eigenvalue weighted by molar-refractivity contribution is 0.122. The summed E-state index contributed by atoms with van der Waals surface area (Å²) in [5.41, 5.74) is 7.71. The Kier molecular flexibility index (Phi) is 4.06. The van der Waals surface area contributed by atoms with E-state index in [0.29, 0.717) is 25.0 Å².